The van der Waals surface area contributed by atoms with E-state index in [9.17, 15) is 18.3 Å². The van der Waals surface area contributed by atoms with Gasteiger partial charge in [-0.2, -0.15) is 0 Å². The summed E-state index contributed by atoms with van der Waals surface area (Å²) in [5.41, 5.74) is 1.78. The van der Waals surface area contributed by atoms with Gasteiger partial charge in [-0.3, -0.25) is 4.79 Å². The van der Waals surface area contributed by atoms with Crippen LogP contribution in [0.1, 0.15) is 38.8 Å². The van der Waals surface area contributed by atoms with E-state index in [2.05, 4.69) is 14.9 Å². The zero-order valence-electron chi connectivity index (χ0n) is 15.6. The maximum Gasteiger partial charge on any atom is 0.305 e. The molecule has 0 saturated carbocycles. The molecule has 27 heavy (non-hydrogen) atoms. The normalized spacial score (nSPS) is 13.2. The number of hydrogen-bond donors (Lipinski definition) is 2. The Bertz CT molecular complexity index is 905. The van der Waals surface area contributed by atoms with Crippen LogP contribution in [0.5, 0.6) is 5.88 Å². The van der Waals surface area contributed by atoms with Crippen LogP contribution in [0.4, 0.5) is 0 Å². The van der Waals surface area contributed by atoms with Crippen molar-refractivity contribution < 1.29 is 23.1 Å². The minimum absolute atomic E-state index is 0.372. The molecule has 0 spiro atoms. The van der Waals surface area contributed by atoms with E-state index in [1.165, 1.54) is 7.11 Å². The van der Waals surface area contributed by atoms with Crippen molar-refractivity contribution in [1.29, 1.82) is 0 Å². The van der Waals surface area contributed by atoms with Gasteiger partial charge in [0.05, 0.1) is 30.0 Å². The predicted molar refractivity (Wildman–Crippen MR) is 101 cm³/mol. The molecule has 0 aliphatic carbocycles. The third kappa shape index (κ3) is 5.24. The van der Waals surface area contributed by atoms with Crippen LogP contribution >= 0.6 is 0 Å². The van der Waals surface area contributed by atoms with Gasteiger partial charge in [-0.15, -0.1) is 10.2 Å². The lowest BCUT2D eigenvalue weighted by molar-refractivity contribution is -0.137. The fourth-order valence-corrected chi connectivity index (χ4v) is 3.21. The molecule has 1 heterocycles. The first-order valence-corrected chi connectivity index (χ1v) is 9.73. The fourth-order valence-electron chi connectivity index (χ4n) is 2.26. The van der Waals surface area contributed by atoms with Crippen LogP contribution in [0.2, 0.25) is 0 Å². The van der Waals surface area contributed by atoms with E-state index in [-0.39, 0.29) is 6.42 Å². The fraction of sp³-hybridized carbons (Fsp3) is 0.389. The van der Waals surface area contributed by atoms with E-state index in [0.29, 0.717) is 22.7 Å². The third-order valence-electron chi connectivity index (χ3n) is 3.92. The molecule has 0 radical (unpaired) electrons. The molecule has 146 valence electrons. The smallest absolute Gasteiger partial charge is 0.305 e. The molecule has 0 amide bonds. The van der Waals surface area contributed by atoms with Gasteiger partial charge in [-0.05, 0) is 38.5 Å². The van der Waals surface area contributed by atoms with E-state index in [1.54, 1.807) is 57.2 Å². The van der Waals surface area contributed by atoms with Gasteiger partial charge in [0.2, 0.25) is 15.9 Å². The quantitative estimate of drug-likeness (QED) is 0.741. The first-order valence-electron chi connectivity index (χ1n) is 8.25. The van der Waals surface area contributed by atoms with Crippen molar-refractivity contribution in [3.8, 4) is 17.1 Å². The molecule has 9 heteroatoms. The summed E-state index contributed by atoms with van der Waals surface area (Å²) in [7, 11) is -2.25. The molecule has 1 atom stereocenters. The van der Waals surface area contributed by atoms with Crippen LogP contribution in [0.15, 0.2) is 36.4 Å². The molecule has 1 aromatic carbocycles. The maximum atomic E-state index is 12.5. The first-order chi connectivity index (χ1) is 12.5. The van der Waals surface area contributed by atoms with Crippen LogP contribution in [-0.4, -0.2) is 41.5 Å². The average Bonchev–Trinajstić information content (AvgIpc) is 2.60. The van der Waals surface area contributed by atoms with Crippen LogP contribution in [0, 0.1) is 0 Å². The minimum atomic E-state index is -3.74. The van der Waals surface area contributed by atoms with Crippen LogP contribution in [0.25, 0.3) is 11.3 Å². The van der Waals surface area contributed by atoms with Gasteiger partial charge >= 0.3 is 5.97 Å². The Hall–Kier alpha value is -2.52. The number of carboxylic acids is 1. The average molecular weight is 393 g/mol. The summed E-state index contributed by atoms with van der Waals surface area (Å²) in [6.07, 6.45) is -0.382. The number of carboxylic acid groups (broad SMARTS) is 1. The molecule has 2 N–H and O–H groups in total. The third-order valence-corrected chi connectivity index (χ3v) is 6.12. The molecule has 0 fully saturated rings. The number of carbonyl (C=O) groups is 1. The van der Waals surface area contributed by atoms with Gasteiger partial charge in [0.25, 0.3) is 0 Å². The van der Waals surface area contributed by atoms with Crippen molar-refractivity contribution in [2.75, 3.05) is 7.11 Å². The van der Waals surface area contributed by atoms with Gasteiger partial charge in [0.15, 0.2) is 0 Å². The number of nitrogens with zero attached hydrogens (tertiary/aromatic N) is 2. The molecule has 8 nitrogen and oxygen atoms in total. The van der Waals surface area contributed by atoms with Crippen molar-refractivity contribution in [1.82, 2.24) is 14.9 Å². The number of sulfonamides is 1. The van der Waals surface area contributed by atoms with Crippen LogP contribution < -0.4 is 9.46 Å². The summed E-state index contributed by atoms with van der Waals surface area (Å²) in [5, 5.41) is 17.2. The monoisotopic (exact) mass is 393 g/mol. The van der Waals surface area contributed by atoms with Crippen molar-refractivity contribution in [2.45, 2.75) is 38.0 Å². The Morgan fingerprint density at radius 2 is 1.93 bits per heavy atom. The summed E-state index contributed by atoms with van der Waals surface area (Å²) < 4.78 is 31.4. The van der Waals surface area contributed by atoms with Crippen molar-refractivity contribution in [2.24, 2.45) is 0 Å². The molecular formula is C18H23N3O5S. The summed E-state index contributed by atoms with van der Waals surface area (Å²) >= 11 is 0. The highest BCUT2D eigenvalue weighted by Gasteiger charge is 2.32. The van der Waals surface area contributed by atoms with Crippen molar-refractivity contribution in [3.05, 3.63) is 42.0 Å². The molecule has 2 aromatic rings. The van der Waals surface area contributed by atoms with Crippen molar-refractivity contribution in [3.63, 3.8) is 0 Å². The zero-order chi connectivity index (χ0) is 20.2. The number of hydrogen-bond acceptors (Lipinski definition) is 6. The van der Waals surface area contributed by atoms with E-state index in [1.807, 2.05) is 0 Å². The largest absolute Gasteiger partial charge is 0.481 e. The molecule has 0 unspecified atom stereocenters. The highest BCUT2D eigenvalue weighted by atomic mass is 32.2. The number of rotatable bonds is 7. The lowest BCUT2D eigenvalue weighted by Gasteiger charge is -2.25. The Balaban J connectivity index is 2.40. The van der Waals surface area contributed by atoms with Gasteiger partial charge in [-0.25, -0.2) is 13.1 Å². The minimum Gasteiger partial charge on any atom is -0.481 e. The summed E-state index contributed by atoms with van der Waals surface area (Å²) in [4.78, 5) is 11.3. The number of methoxy groups -OCH3 is 1. The zero-order valence-corrected chi connectivity index (χ0v) is 16.4. The molecule has 0 bridgehead atoms. The van der Waals surface area contributed by atoms with Crippen LogP contribution in [0.3, 0.4) is 0 Å². The predicted octanol–water partition coefficient (Wildman–Crippen LogP) is 2.39. The molecule has 1 aromatic heterocycles. The molecule has 0 aliphatic heterocycles. The summed E-state index contributed by atoms with van der Waals surface area (Å²) in [6, 6.07) is 9.36. The molecule has 0 aliphatic rings. The number of benzene rings is 1. The van der Waals surface area contributed by atoms with E-state index in [4.69, 9.17) is 4.74 Å². The van der Waals surface area contributed by atoms with E-state index >= 15 is 0 Å². The Kier molecular flexibility index (Phi) is 6.17. The van der Waals surface area contributed by atoms with Gasteiger partial charge in [-0.1, -0.05) is 18.2 Å². The second-order valence-corrected chi connectivity index (χ2v) is 9.44. The highest BCUT2D eigenvalue weighted by Crippen LogP contribution is 2.26. The van der Waals surface area contributed by atoms with Gasteiger partial charge in [0.1, 0.15) is 0 Å². The topological polar surface area (TPSA) is 118 Å². The number of aromatic nitrogens is 2. The second kappa shape index (κ2) is 8.01. The van der Waals surface area contributed by atoms with Crippen LogP contribution in [-0.2, 0) is 14.8 Å². The van der Waals surface area contributed by atoms with Gasteiger partial charge in [0, 0.05) is 11.6 Å². The maximum absolute atomic E-state index is 12.5. The Morgan fingerprint density at radius 1 is 1.22 bits per heavy atom. The molecule has 2 rings (SSSR count). The first kappa shape index (κ1) is 20.8. The van der Waals surface area contributed by atoms with E-state index < -0.39 is 26.8 Å². The summed E-state index contributed by atoms with van der Waals surface area (Å²) in [5.74, 6) is -0.733. The summed E-state index contributed by atoms with van der Waals surface area (Å²) in [6.45, 7) is 4.66. The van der Waals surface area contributed by atoms with Gasteiger partial charge < -0.3 is 9.84 Å². The lowest BCUT2D eigenvalue weighted by atomic mass is 10.0. The standard InChI is InChI=1S/C18H23N3O5S/c1-18(2,3)27(24,25)21-15(11-17(22)23)13-7-5-6-12(10-13)14-8-9-16(26-4)20-19-14/h5-10,15,21H,11H2,1-4H3,(H,22,23)/t15-/m0/s1. The Labute approximate surface area is 158 Å². The SMILES string of the molecule is COc1ccc(-c2cccc([C@H](CC(=O)O)NS(=O)(=O)C(C)(C)C)c2)nn1. The second-order valence-electron chi connectivity index (χ2n) is 6.97. The number of nitrogens with one attached hydrogen (secondary N) is 1. The molecule has 0 saturated heterocycles. The van der Waals surface area contributed by atoms with E-state index in [0.717, 1.165) is 0 Å². The Morgan fingerprint density at radius 3 is 2.44 bits per heavy atom. The van der Waals surface area contributed by atoms with Crippen molar-refractivity contribution >= 4 is 16.0 Å². The lowest BCUT2D eigenvalue weighted by Crippen LogP contribution is -2.41. The number of ether oxygens (including phenoxy) is 1. The number of aliphatic carboxylic acids is 1. The highest BCUT2D eigenvalue weighted by molar-refractivity contribution is 7.90. The molecular weight excluding hydrogens is 370 g/mol.